The quantitative estimate of drug-likeness (QED) is 0.523. The summed E-state index contributed by atoms with van der Waals surface area (Å²) in [4.78, 5) is 23.7. The highest BCUT2D eigenvalue weighted by Crippen LogP contribution is 2.16. The van der Waals surface area contributed by atoms with Gasteiger partial charge in [-0.15, -0.1) is 13.2 Å². The summed E-state index contributed by atoms with van der Waals surface area (Å²) < 4.78 is 0. The Kier molecular flexibility index (Phi) is 6.82. The molecule has 0 spiro atoms. The van der Waals surface area contributed by atoms with Gasteiger partial charge in [0.1, 0.15) is 0 Å². The number of rotatable bonds is 8. The minimum Gasteiger partial charge on any atom is -0.350 e. The Bertz CT molecular complexity index is 373. The van der Waals surface area contributed by atoms with Crippen LogP contribution < -0.4 is 10.6 Å². The number of nitrogens with zero attached hydrogens (tertiary/aromatic N) is 2. The Morgan fingerprint density at radius 3 is 1.45 bits per heavy atom. The van der Waals surface area contributed by atoms with Crippen molar-refractivity contribution in [1.82, 2.24) is 10.6 Å². The largest absolute Gasteiger partial charge is 0.350 e. The van der Waals surface area contributed by atoms with E-state index in [1.165, 1.54) is 0 Å². The molecule has 0 aliphatic carbocycles. The average Bonchev–Trinajstić information content (AvgIpc) is 2.39. The molecule has 0 saturated carbocycles. The third-order valence-corrected chi connectivity index (χ3v) is 2.48. The molecule has 0 aliphatic rings. The molecule has 0 atom stereocenters. The molecule has 0 saturated heterocycles. The van der Waals surface area contributed by atoms with Crippen molar-refractivity contribution in [2.45, 2.75) is 38.8 Å². The lowest BCUT2D eigenvalue weighted by Crippen LogP contribution is -2.43. The number of hydrogen-bond donors (Lipinski definition) is 2. The fourth-order valence-corrected chi connectivity index (χ4v) is 1.10. The van der Waals surface area contributed by atoms with Gasteiger partial charge in [-0.05, 0) is 27.7 Å². The molecular weight excluding hydrogens is 256 g/mol. The molecule has 0 fully saturated rings. The van der Waals surface area contributed by atoms with Gasteiger partial charge >= 0.3 is 0 Å². The molecule has 0 unspecified atom stereocenters. The van der Waals surface area contributed by atoms with Crippen LogP contribution in [0.15, 0.2) is 35.5 Å². The summed E-state index contributed by atoms with van der Waals surface area (Å²) >= 11 is 0. The van der Waals surface area contributed by atoms with Crippen molar-refractivity contribution in [3.05, 3.63) is 25.3 Å². The van der Waals surface area contributed by atoms with Gasteiger partial charge in [0.2, 0.25) is 11.8 Å². The van der Waals surface area contributed by atoms with E-state index in [0.717, 1.165) is 0 Å². The predicted octanol–water partition coefficient (Wildman–Crippen LogP) is 1.60. The van der Waals surface area contributed by atoms with Gasteiger partial charge in [-0.25, -0.2) is 0 Å². The second kappa shape index (κ2) is 7.57. The second-order valence-corrected chi connectivity index (χ2v) is 5.32. The lowest BCUT2D eigenvalue weighted by Gasteiger charge is -2.21. The van der Waals surface area contributed by atoms with Crippen LogP contribution in [-0.4, -0.2) is 36.0 Å². The molecule has 6 heteroatoms. The monoisotopic (exact) mass is 280 g/mol. The molecule has 0 aromatic rings. The highest BCUT2D eigenvalue weighted by atomic mass is 16.2. The van der Waals surface area contributed by atoms with Crippen molar-refractivity contribution in [2.75, 3.05) is 13.1 Å². The molecule has 0 aliphatic heterocycles. The number of amides is 2. The van der Waals surface area contributed by atoms with E-state index in [1.54, 1.807) is 39.8 Å². The van der Waals surface area contributed by atoms with Crippen molar-refractivity contribution in [3.8, 4) is 0 Å². The molecule has 6 nitrogen and oxygen atoms in total. The summed E-state index contributed by atoms with van der Waals surface area (Å²) in [6, 6.07) is 0. The van der Waals surface area contributed by atoms with E-state index < -0.39 is 11.1 Å². The van der Waals surface area contributed by atoms with E-state index in [-0.39, 0.29) is 11.8 Å². The second-order valence-electron chi connectivity index (χ2n) is 5.32. The molecule has 0 aromatic carbocycles. The maximum Gasteiger partial charge on any atom is 0.249 e. The molecule has 0 rings (SSSR count). The molecule has 0 aromatic heterocycles. The number of carbonyl (C=O) groups is 2. The number of azo groups is 1. The lowest BCUT2D eigenvalue weighted by atomic mass is 10.0. The van der Waals surface area contributed by atoms with Gasteiger partial charge < -0.3 is 10.6 Å². The smallest absolute Gasteiger partial charge is 0.249 e. The molecule has 20 heavy (non-hydrogen) atoms. The molecule has 2 N–H and O–H groups in total. The number of carbonyl (C=O) groups excluding carboxylic acids is 2. The molecule has 0 bridgehead atoms. The van der Waals surface area contributed by atoms with Gasteiger partial charge in [0, 0.05) is 13.1 Å². The Hall–Kier alpha value is -1.98. The van der Waals surface area contributed by atoms with E-state index in [9.17, 15) is 9.59 Å². The third kappa shape index (κ3) is 5.77. The molecule has 0 heterocycles. The zero-order valence-electron chi connectivity index (χ0n) is 12.7. The van der Waals surface area contributed by atoms with Crippen molar-refractivity contribution in [3.63, 3.8) is 0 Å². The van der Waals surface area contributed by atoms with Gasteiger partial charge in [-0.1, -0.05) is 12.2 Å². The molecule has 0 radical (unpaired) electrons. The van der Waals surface area contributed by atoms with Crippen LogP contribution in [0.5, 0.6) is 0 Å². The topological polar surface area (TPSA) is 82.9 Å². The van der Waals surface area contributed by atoms with Crippen molar-refractivity contribution in [2.24, 2.45) is 10.2 Å². The van der Waals surface area contributed by atoms with Gasteiger partial charge in [-0.3, -0.25) is 9.59 Å². The first-order valence-corrected chi connectivity index (χ1v) is 6.40. The van der Waals surface area contributed by atoms with Crippen LogP contribution >= 0.6 is 0 Å². The van der Waals surface area contributed by atoms with Crippen LogP contribution in [0.4, 0.5) is 0 Å². The van der Waals surface area contributed by atoms with E-state index in [2.05, 4.69) is 34.0 Å². The minimum atomic E-state index is -1.04. The van der Waals surface area contributed by atoms with Crippen molar-refractivity contribution >= 4 is 11.8 Å². The zero-order valence-corrected chi connectivity index (χ0v) is 12.7. The molecule has 2 amide bonds. The first kappa shape index (κ1) is 18.0. The zero-order chi connectivity index (χ0) is 15.8. The van der Waals surface area contributed by atoms with Gasteiger partial charge in [-0.2, -0.15) is 10.2 Å². The predicted molar refractivity (Wildman–Crippen MR) is 79.4 cm³/mol. The number of hydrogen-bond acceptors (Lipinski definition) is 4. The van der Waals surface area contributed by atoms with Crippen LogP contribution in [-0.2, 0) is 9.59 Å². The summed E-state index contributed by atoms with van der Waals surface area (Å²) in [6.45, 7) is 14.3. The summed E-state index contributed by atoms with van der Waals surface area (Å²) in [6.07, 6.45) is 3.16. The van der Waals surface area contributed by atoms with Crippen molar-refractivity contribution < 1.29 is 9.59 Å². The molecule has 112 valence electrons. The van der Waals surface area contributed by atoms with E-state index >= 15 is 0 Å². The van der Waals surface area contributed by atoms with Crippen LogP contribution in [0.3, 0.4) is 0 Å². The van der Waals surface area contributed by atoms with E-state index in [4.69, 9.17) is 0 Å². The fourth-order valence-electron chi connectivity index (χ4n) is 1.10. The fraction of sp³-hybridized carbons (Fsp3) is 0.571. The Morgan fingerprint density at radius 2 is 1.20 bits per heavy atom. The summed E-state index contributed by atoms with van der Waals surface area (Å²) in [5, 5.41) is 13.3. The Balaban J connectivity index is 4.79. The minimum absolute atomic E-state index is 0.275. The summed E-state index contributed by atoms with van der Waals surface area (Å²) in [7, 11) is 0. The standard InChI is InChI=1S/C14H24N4O2/c1-7-9-15-11(19)13(3,4)17-18-14(5,6)12(20)16-10-8-2/h7-8H,1-2,9-10H2,3-6H3,(H,15,19)(H,16,20)/b18-17+. The van der Waals surface area contributed by atoms with Crippen LogP contribution in [0, 0.1) is 0 Å². The maximum absolute atomic E-state index is 11.9. The summed E-state index contributed by atoms with van der Waals surface area (Å²) in [5.41, 5.74) is -2.09. The Morgan fingerprint density at radius 1 is 0.900 bits per heavy atom. The summed E-state index contributed by atoms with van der Waals surface area (Å²) in [5.74, 6) is -0.549. The molecular formula is C14H24N4O2. The Labute approximate surface area is 120 Å². The lowest BCUT2D eigenvalue weighted by molar-refractivity contribution is -0.127. The van der Waals surface area contributed by atoms with Crippen LogP contribution in [0.2, 0.25) is 0 Å². The maximum atomic E-state index is 11.9. The van der Waals surface area contributed by atoms with E-state index in [1.807, 2.05) is 0 Å². The first-order chi connectivity index (χ1) is 9.17. The van der Waals surface area contributed by atoms with E-state index in [0.29, 0.717) is 13.1 Å². The highest BCUT2D eigenvalue weighted by molar-refractivity contribution is 5.86. The van der Waals surface area contributed by atoms with Crippen LogP contribution in [0.1, 0.15) is 27.7 Å². The number of nitrogens with one attached hydrogen (secondary N) is 2. The highest BCUT2D eigenvalue weighted by Gasteiger charge is 2.31. The van der Waals surface area contributed by atoms with Gasteiger partial charge in [0.15, 0.2) is 11.1 Å². The van der Waals surface area contributed by atoms with Gasteiger partial charge in [0.25, 0.3) is 0 Å². The first-order valence-electron chi connectivity index (χ1n) is 6.40. The third-order valence-electron chi connectivity index (χ3n) is 2.48. The van der Waals surface area contributed by atoms with Gasteiger partial charge in [0.05, 0.1) is 0 Å². The van der Waals surface area contributed by atoms with Crippen molar-refractivity contribution in [1.29, 1.82) is 0 Å². The normalized spacial score (nSPS) is 12.0. The van der Waals surface area contributed by atoms with Crippen LogP contribution in [0.25, 0.3) is 0 Å². The SMILES string of the molecule is C=CCNC(=O)C(C)(C)/N=N/C(C)(C)C(=O)NCC=C. The average molecular weight is 280 g/mol.